The van der Waals surface area contributed by atoms with Crippen LogP contribution in [-0.4, -0.2) is 12.6 Å². The first kappa shape index (κ1) is 12.3. The summed E-state index contributed by atoms with van der Waals surface area (Å²) in [6, 6.07) is 5.50. The lowest BCUT2D eigenvalue weighted by Crippen LogP contribution is -2.08. The van der Waals surface area contributed by atoms with E-state index in [0.29, 0.717) is 24.5 Å². The lowest BCUT2D eigenvalue weighted by atomic mass is 10.2. The fourth-order valence-corrected chi connectivity index (χ4v) is 1.20. The Labute approximate surface area is 95.7 Å². The van der Waals surface area contributed by atoms with Gasteiger partial charge in [-0.05, 0) is 18.6 Å². The van der Waals surface area contributed by atoms with Gasteiger partial charge in [-0.15, -0.1) is 0 Å². The van der Waals surface area contributed by atoms with Gasteiger partial charge in [-0.3, -0.25) is 4.79 Å². The first-order chi connectivity index (χ1) is 7.69. The molecule has 0 N–H and O–H groups in total. The number of hydrogen-bond donors (Lipinski definition) is 0. The first-order valence-electron chi connectivity index (χ1n) is 5.23. The van der Waals surface area contributed by atoms with Crippen LogP contribution in [-0.2, 0) is 4.79 Å². The molecule has 0 saturated heterocycles. The highest BCUT2D eigenvalue weighted by atomic mass is 16.6. The Morgan fingerprint density at radius 2 is 2.25 bits per heavy atom. The summed E-state index contributed by atoms with van der Waals surface area (Å²) in [5.41, 5.74) is 0.878. The van der Waals surface area contributed by atoms with Crippen molar-refractivity contribution < 1.29 is 14.3 Å². The van der Waals surface area contributed by atoms with E-state index in [0.717, 1.165) is 5.56 Å². The first-order valence-corrected chi connectivity index (χ1v) is 5.23. The topological polar surface area (TPSA) is 35.5 Å². The number of carbonyl (C=O) groups excluding carboxylic acids is 1. The van der Waals surface area contributed by atoms with Gasteiger partial charge in [0, 0.05) is 6.42 Å². The molecule has 0 fully saturated rings. The largest absolute Gasteiger partial charge is 0.486 e. The summed E-state index contributed by atoms with van der Waals surface area (Å²) in [5.74, 6) is 0.802. The summed E-state index contributed by atoms with van der Waals surface area (Å²) >= 11 is 0. The van der Waals surface area contributed by atoms with E-state index in [1.165, 1.54) is 0 Å². The smallest absolute Gasteiger partial charge is 0.311 e. The summed E-state index contributed by atoms with van der Waals surface area (Å²) < 4.78 is 10.6. The van der Waals surface area contributed by atoms with Crippen LogP contribution < -0.4 is 9.47 Å². The lowest BCUT2D eigenvalue weighted by molar-refractivity contribution is -0.134. The van der Waals surface area contributed by atoms with Gasteiger partial charge in [0.05, 0.1) is 0 Å². The fourth-order valence-electron chi connectivity index (χ4n) is 1.20. The number of benzene rings is 1. The Balaban J connectivity index is 2.93. The Kier molecular flexibility index (Phi) is 4.58. The van der Waals surface area contributed by atoms with E-state index in [2.05, 4.69) is 6.58 Å². The predicted molar refractivity (Wildman–Crippen MR) is 62.8 cm³/mol. The standard InChI is InChI=1S/C13H16O3/c1-4-9-15-11-8-6-7-10(3)13(11)16-12(14)5-2/h4,6-8H,1,5,9H2,2-3H3. The molecule has 0 unspecified atom stereocenters. The van der Waals surface area contributed by atoms with Crippen LogP contribution in [0.1, 0.15) is 18.9 Å². The lowest BCUT2D eigenvalue weighted by Gasteiger charge is -2.12. The molecule has 1 aromatic rings. The molecular weight excluding hydrogens is 204 g/mol. The summed E-state index contributed by atoms with van der Waals surface area (Å²) in [5, 5.41) is 0. The van der Waals surface area contributed by atoms with E-state index in [9.17, 15) is 4.79 Å². The molecule has 0 aliphatic carbocycles. The molecule has 0 heterocycles. The Morgan fingerprint density at radius 1 is 1.50 bits per heavy atom. The molecule has 0 aliphatic rings. The highest BCUT2D eigenvalue weighted by Crippen LogP contribution is 2.31. The third-order valence-electron chi connectivity index (χ3n) is 2.04. The summed E-state index contributed by atoms with van der Waals surface area (Å²) in [6.45, 7) is 7.59. The number of para-hydroxylation sites is 1. The van der Waals surface area contributed by atoms with Gasteiger partial charge >= 0.3 is 5.97 Å². The molecule has 0 spiro atoms. The number of hydrogen-bond acceptors (Lipinski definition) is 3. The van der Waals surface area contributed by atoms with E-state index >= 15 is 0 Å². The normalized spacial score (nSPS) is 9.62. The molecule has 1 rings (SSSR count). The van der Waals surface area contributed by atoms with Crippen LogP contribution in [0, 0.1) is 6.92 Å². The van der Waals surface area contributed by atoms with Crippen molar-refractivity contribution in [2.24, 2.45) is 0 Å². The average Bonchev–Trinajstić information content (AvgIpc) is 2.29. The van der Waals surface area contributed by atoms with Crippen molar-refractivity contribution in [1.29, 1.82) is 0 Å². The van der Waals surface area contributed by atoms with Crippen molar-refractivity contribution in [1.82, 2.24) is 0 Å². The van der Waals surface area contributed by atoms with E-state index in [-0.39, 0.29) is 5.97 Å². The monoisotopic (exact) mass is 220 g/mol. The van der Waals surface area contributed by atoms with Crippen molar-refractivity contribution >= 4 is 5.97 Å². The van der Waals surface area contributed by atoms with Crippen LogP contribution in [0.15, 0.2) is 30.9 Å². The molecule has 3 heteroatoms. The number of ether oxygens (including phenoxy) is 2. The van der Waals surface area contributed by atoms with Gasteiger partial charge in [0.15, 0.2) is 11.5 Å². The van der Waals surface area contributed by atoms with Gasteiger partial charge in [0.2, 0.25) is 0 Å². The van der Waals surface area contributed by atoms with Crippen LogP contribution in [0.3, 0.4) is 0 Å². The molecule has 16 heavy (non-hydrogen) atoms. The quantitative estimate of drug-likeness (QED) is 0.435. The van der Waals surface area contributed by atoms with Gasteiger partial charge in [0.25, 0.3) is 0 Å². The molecule has 0 aromatic heterocycles. The predicted octanol–water partition coefficient (Wildman–Crippen LogP) is 2.88. The Hall–Kier alpha value is -1.77. The zero-order valence-corrected chi connectivity index (χ0v) is 9.66. The minimum absolute atomic E-state index is 0.266. The van der Waals surface area contributed by atoms with Gasteiger partial charge in [-0.25, -0.2) is 0 Å². The third kappa shape index (κ3) is 3.12. The number of rotatable bonds is 5. The van der Waals surface area contributed by atoms with Crippen LogP contribution in [0.4, 0.5) is 0 Å². The maximum atomic E-state index is 11.3. The van der Waals surface area contributed by atoms with Crippen molar-refractivity contribution in [2.45, 2.75) is 20.3 Å². The van der Waals surface area contributed by atoms with Crippen LogP contribution in [0.25, 0.3) is 0 Å². The Morgan fingerprint density at radius 3 is 2.88 bits per heavy atom. The van der Waals surface area contributed by atoms with Gasteiger partial charge in [-0.1, -0.05) is 31.7 Å². The van der Waals surface area contributed by atoms with Crippen molar-refractivity contribution in [3.05, 3.63) is 36.4 Å². The second-order valence-electron chi connectivity index (χ2n) is 3.33. The maximum Gasteiger partial charge on any atom is 0.311 e. The van der Waals surface area contributed by atoms with Gasteiger partial charge < -0.3 is 9.47 Å². The van der Waals surface area contributed by atoms with Crippen molar-refractivity contribution in [2.75, 3.05) is 6.61 Å². The molecule has 0 amide bonds. The highest BCUT2D eigenvalue weighted by molar-refractivity contribution is 5.73. The summed E-state index contributed by atoms with van der Waals surface area (Å²) in [4.78, 5) is 11.3. The molecule has 0 atom stereocenters. The zero-order chi connectivity index (χ0) is 12.0. The maximum absolute atomic E-state index is 11.3. The second-order valence-corrected chi connectivity index (χ2v) is 3.33. The third-order valence-corrected chi connectivity index (χ3v) is 2.04. The van der Waals surface area contributed by atoms with Crippen LogP contribution in [0.5, 0.6) is 11.5 Å². The van der Waals surface area contributed by atoms with Crippen molar-refractivity contribution in [3.63, 3.8) is 0 Å². The molecule has 0 aliphatic heterocycles. The van der Waals surface area contributed by atoms with Crippen LogP contribution in [0.2, 0.25) is 0 Å². The minimum Gasteiger partial charge on any atom is -0.486 e. The molecule has 0 radical (unpaired) electrons. The second kappa shape index (κ2) is 5.95. The number of aryl methyl sites for hydroxylation is 1. The minimum atomic E-state index is -0.266. The fraction of sp³-hybridized carbons (Fsp3) is 0.308. The molecule has 1 aromatic carbocycles. The molecule has 86 valence electrons. The average molecular weight is 220 g/mol. The highest BCUT2D eigenvalue weighted by Gasteiger charge is 2.11. The zero-order valence-electron chi connectivity index (χ0n) is 9.66. The molecular formula is C13H16O3. The Bertz CT molecular complexity index is 383. The van der Waals surface area contributed by atoms with E-state index in [1.54, 1.807) is 19.1 Å². The number of carbonyl (C=O) groups is 1. The number of esters is 1. The van der Waals surface area contributed by atoms with Gasteiger partial charge in [-0.2, -0.15) is 0 Å². The van der Waals surface area contributed by atoms with Crippen LogP contribution >= 0.6 is 0 Å². The van der Waals surface area contributed by atoms with Gasteiger partial charge in [0.1, 0.15) is 6.61 Å². The van der Waals surface area contributed by atoms with E-state index in [1.807, 2.05) is 19.1 Å². The van der Waals surface area contributed by atoms with E-state index < -0.39 is 0 Å². The van der Waals surface area contributed by atoms with Crippen molar-refractivity contribution in [3.8, 4) is 11.5 Å². The van der Waals surface area contributed by atoms with E-state index in [4.69, 9.17) is 9.47 Å². The molecule has 0 bridgehead atoms. The summed E-state index contributed by atoms with van der Waals surface area (Å²) in [7, 11) is 0. The molecule has 0 saturated carbocycles. The summed E-state index contributed by atoms with van der Waals surface area (Å²) in [6.07, 6.45) is 1.99. The molecule has 3 nitrogen and oxygen atoms in total. The SMILES string of the molecule is C=CCOc1cccc(C)c1OC(=O)CC.